The normalized spacial score (nSPS) is 10.3. The largest absolute Gasteiger partial charge is 0.427 e. The number of nitrogens with zero attached hydrogens (tertiary/aromatic N) is 1. The lowest BCUT2D eigenvalue weighted by Gasteiger charge is -1.94. The summed E-state index contributed by atoms with van der Waals surface area (Å²) >= 11 is 6.23. The highest BCUT2D eigenvalue weighted by molar-refractivity contribution is 7.93. The van der Waals surface area contributed by atoms with E-state index in [1.165, 1.54) is 11.3 Å². The van der Waals surface area contributed by atoms with Crippen LogP contribution in [-0.2, 0) is 10.1 Å². The maximum absolute atomic E-state index is 4.80. The Morgan fingerprint density at radius 2 is 2.33 bits per heavy atom. The Morgan fingerprint density at radius 1 is 1.67 bits per heavy atom. The summed E-state index contributed by atoms with van der Waals surface area (Å²) in [6, 6.07) is 0. The van der Waals surface area contributed by atoms with Gasteiger partial charge in [0.2, 0.25) is 0 Å². The highest BCUT2D eigenvalue weighted by atomic mass is 32.2. The standard InChI is InChI=1S/C4H5N2S3/c1-9(2)4-6-5-3(7)8-4/h1-2H2,(H,5,7)/q-1. The van der Waals surface area contributed by atoms with Crippen LogP contribution in [0.3, 0.4) is 0 Å². The number of hydrogen-bond acceptors (Lipinski definition) is 4. The summed E-state index contributed by atoms with van der Waals surface area (Å²) in [7, 11) is -0.249. The average molecular weight is 177 g/mol. The fraction of sp³-hybridized carbons (Fsp3) is 0. The molecule has 9 heavy (non-hydrogen) atoms. The van der Waals surface area contributed by atoms with E-state index in [9.17, 15) is 0 Å². The predicted octanol–water partition coefficient (Wildman–Crippen LogP) is 1.04. The Balaban J connectivity index is 3.28. The molecule has 0 fully saturated rings. The quantitative estimate of drug-likeness (QED) is 0.513. The van der Waals surface area contributed by atoms with Gasteiger partial charge in [0.25, 0.3) is 0 Å². The first-order valence-electron chi connectivity index (χ1n) is 2.09. The third kappa shape index (κ3) is 1.64. The highest BCUT2D eigenvalue weighted by Gasteiger charge is 1.79. The molecule has 1 aromatic rings. The SMILES string of the molecule is C=[S-](=C)c1n[nH]c(=S)s1. The van der Waals surface area contributed by atoms with Gasteiger partial charge in [0.15, 0.2) is 3.95 Å². The van der Waals surface area contributed by atoms with Crippen LogP contribution in [0.4, 0.5) is 0 Å². The maximum atomic E-state index is 4.80. The lowest BCUT2D eigenvalue weighted by atomic mass is 11.6. The van der Waals surface area contributed by atoms with Crippen LogP contribution in [0.15, 0.2) is 4.34 Å². The van der Waals surface area contributed by atoms with Crippen LogP contribution in [-0.4, -0.2) is 21.9 Å². The van der Waals surface area contributed by atoms with Gasteiger partial charge in [-0.05, 0) is 12.2 Å². The first kappa shape index (κ1) is 6.98. The number of aromatic nitrogens is 2. The minimum Gasteiger partial charge on any atom is -0.427 e. The minimum absolute atomic E-state index is 0.249. The number of hydrogen-bond donors (Lipinski definition) is 1. The van der Waals surface area contributed by atoms with E-state index < -0.39 is 0 Å². The second-order valence-electron chi connectivity index (χ2n) is 1.37. The van der Waals surface area contributed by atoms with Gasteiger partial charge in [-0.2, -0.15) is 5.10 Å². The molecule has 1 rings (SSSR count). The van der Waals surface area contributed by atoms with Crippen molar-refractivity contribution in [3.63, 3.8) is 0 Å². The number of nitrogens with one attached hydrogen (secondary N) is 1. The monoisotopic (exact) mass is 177 g/mol. The van der Waals surface area contributed by atoms with Gasteiger partial charge < -0.3 is 10.1 Å². The van der Waals surface area contributed by atoms with E-state index in [1.807, 2.05) is 0 Å². The molecule has 1 aromatic heterocycles. The van der Waals surface area contributed by atoms with E-state index in [-0.39, 0.29) is 10.1 Å². The van der Waals surface area contributed by atoms with E-state index >= 15 is 0 Å². The lowest BCUT2D eigenvalue weighted by Crippen LogP contribution is -1.75. The second-order valence-corrected chi connectivity index (χ2v) is 4.67. The molecule has 0 bridgehead atoms. The zero-order chi connectivity index (χ0) is 6.85. The molecule has 2 nitrogen and oxygen atoms in total. The highest BCUT2D eigenvalue weighted by Crippen LogP contribution is 2.04. The maximum Gasteiger partial charge on any atom is 0.174 e. The molecule has 0 saturated heterocycles. The van der Waals surface area contributed by atoms with Crippen molar-refractivity contribution in [2.45, 2.75) is 4.34 Å². The average Bonchev–Trinajstić information content (AvgIpc) is 2.14. The number of rotatable bonds is 1. The Labute approximate surface area is 64.1 Å². The molecule has 0 amide bonds. The van der Waals surface area contributed by atoms with Gasteiger partial charge in [0, 0.05) is 4.34 Å². The Bertz CT molecular complexity index is 309. The molecule has 1 heterocycles. The van der Waals surface area contributed by atoms with Gasteiger partial charge in [-0.25, -0.2) is 11.7 Å². The molecular formula is C4H5N2S3-. The van der Waals surface area contributed by atoms with E-state index in [2.05, 4.69) is 21.9 Å². The molecular weight excluding hydrogens is 172 g/mol. The lowest BCUT2D eigenvalue weighted by molar-refractivity contribution is 1.00. The second kappa shape index (κ2) is 2.64. The summed E-state index contributed by atoms with van der Waals surface area (Å²) in [5.74, 6) is 7.44. The van der Waals surface area contributed by atoms with Crippen LogP contribution in [0.1, 0.15) is 0 Å². The molecule has 0 spiro atoms. The first-order chi connectivity index (χ1) is 4.20. The van der Waals surface area contributed by atoms with Gasteiger partial charge in [0.05, 0.1) is 0 Å². The predicted molar refractivity (Wildman–Crippen MR) is 47.2 cm³/mol. The third-order valence-electron chi connectivity index (χ3n) is 0.665. The topological polar surface area (TPSA) is 28.7 Å². The summed E-state index contributed by atoms with van der Waals surface area (Å²) in [6.07, 6.45) is 0. The number of H-pyrrole nitrogens is 1. The van der Waals surface area contributed by atoms with Crippen molar-refractivity contribution in [2.75, 3.05) is 0 Å². The van der Waals surface area contributed by atoms with Crippen LogP contribution in [0, 0.1) is 3.95 Å². The third-order valence-corrected chi connectivity index (χ3v) is 3.09. The van der Waals surface area contributed by atoms with E-state index in [0.29, 0.717) is 3.95 Å². The van der Waals surface area contributed by atoms with Gasteiger partial charge in [-0.1, -0.05) is 0 Å². The fourth-order valence-corrected chi connectivity index (χ4v) is 2.02. The van der Waals surface area contributed by atoms with E-state index in [4.69, 9.17) is 12.2 Å². The molecule has 5 heteroatoms. The van der Waals surface area contributed by atoms with Gasteiger partial charge >= 0.3 is 0 Å². The zero-order valence-corrected chi connectivity index (χ0v) is 7.04. The van der Waals surface area contributed by atoms with Crippen molar-refractivity contribution >= 4 is 45.4 Å². The van der Waals surface area contributed by atoms with Gasteiger partial charge in [0.1, 0.15) is 0 Å². The summed E-state index contributed by atoms with van der Waals surface area (Å²) in [6.45, 7) is 0. The van der Waals surface area contributed by atoms with Crippen LogP contribution in [0.2, 0.25) is 0 Å². The first-order valence-corrected chi connectivity index (χ1v) is 4.88. The van der Waals surface area contributed by atoms with Crippen molar-refractivity contribution in [3.05, 3.63) is 3.95 Å². The van der Waals surface area contributed by atoms with Crippen molar-refractivity contribution < 1.29 is 0 Å². The van der Waals surface area contributed by atoms with Crippen molar-refractivity contribution in [3.8, 4) is 0 Å². The molecule has 0 aliphatic heterocycles. The molecule has 50 valence electrons. The summed E-state index contributed by atoms with van der Waals surface area (Å²) in [5, 5.41) is 6.55. The molecule has 0 radical (unpaired) electrons. The Kier molecular flexibility index (Phi) is 2.05. The molecule has 0 aliphatic carbocycles. The minimum atomic E-state index is -0.249. The molecule has 0 aliphatic rings. The Morgan fingerprint density at radius 3 is 2.56 bits per heavy atom. The van der Waals surface area contributed by atoms with E-state index in [0.717, 1.165) is 4.34 Å². The summed E-state index contributed by atoms with van der Waals surface area (Å²) < 4.78 is 1.58. The molecule has 0 aromatic carbocycles. The number of aromatic amines is 1. The fourth-order valence-electron chi connectivity index (χ4n) is 0.340. The molecule has 1 N–H and O–H groups in total. The van der Waals surface area contributed by atoms with Crippen LogP contribution in [0.5, 0.6) is 0 Å². The van der Waals surface area contributed by atoms with E-state index in [1.54, 1.807) is 0 Å². The molecule has 0 atom stereocenters. The molecule has 0 unspecified atom stereocenters. The zero-order valence-electron chi connectivity index (χ0n) is 4.59. The smallest absolute Gasteiger partial charge is 0.174 e. The Hall–Kier alpha value is -0.130. The van der Waals surface area contributed by atoms with Gasteiger partial charge in [-0.15, -0.1) is 11.3 Å². The van der Waals surface area contributed by atoms with Crippen molar-refractivity contribution in [1.29, 1.82) is 0 Å². The van der Waals surface area contributed by atoms with Crippen LogP contribution in [0.25, 0.3) is 0 Å². The van der Waals surface area contributed by atoms with Crippen LogP contribution >= 0.6 is 23.6 Å². The van der Waals surface area contributed by atoms with Crippen molar-refractivity contribution in [2.24, 2.45) is 0 Å². The van der Waals surface area contributed by atoms with Crippen molar-refractivity contribution in [1.82, 2.24) is 10.2 Å². The van der Waals surface area contributed by atoms with Crippen LogP contribution < -0.4 is 0 Å². The summed E-state index contributed by atoms with van der Waals surface area (Å²) in [4.78, 5) is 0. The summed E-state index contributed by atoms with van der Waals surface area (Å²) in [5.41, 5.74) is 0. The molecule has 0 saturated carbocycles. The van der Waals surface area contributed by atoms with Gasteiger partial charge in [-0.3, -0.25) is 5.10 Å².